The molecule has 2 amide bonds. The molecule has 0 radical (unpaired) electrons. The average Bonchev–Trinajstić information content (AvgIpc) is 2.83. The lowest BCUT2D eigenvalue weighted by Gasteiger charge is -2.35. The van der Waals surface area contributed by atoms with Gasteiger partial charge >= 0.3 is 0 Å². The molecule has 0 bridgehead atoms. The quantitative estimate of drug-likeness (QED) is 0.647. The van der Waals surface area contributed by atoms with Crippen LogP contribution in [-0.4, -0.2) is 59.4 Å². The maximum absolute atomic E-state index is 12.6. The van der Waals surface area contributed by atoms with E-state index in [1.54, 1.807) is 29.2 Å². The summed E-state index contributed by atoms with van der Waals surface area (Å²) in [4.78, 5) is 37.9. The van der Waals surface area contributed by atoms with Crippen LogP contribution >= 0.6 is 11.6 Å². The second-order valence-corrected chi connectivity index (χ2v) is 8.02. The predicted octanol–water partition coefficient (Wildman–Crippen LogP) is 3.18. The molecule has 1 N–H and O–H groups in total. The van der Waals surface area contributed by atoms with Crippen LogP contribution < -0.4 is 10.2 Å². The Hall–Kier alpha value is -3.45. The lowest BCUT2D eigenvalue weighted by atomic mass is 10.1. The maximum atomic E-state index is 12.6. The van der Waals surface area contributed by atoms with Gasteiger partial charge in [-0.25, -0.2) is 9.97 Å². The lowest BCUT2D eigenvalue weighted by molar-refractivity contribution is -0.130. The molecule has 3 aromatic rings. The van der Waals surface area contributed by atoms with Crippen molar-refractivity contribution in [2.45, 2.75) is 6.92 Å². The lowest BCUT2D eigenvalue weighted by Crippen LogP contribution is -2.51. The highest BCUT2D eigenvalue weighted by Crippen LogP contribution is 2.22. The van der Waals surface area contributed by atoms with Gasteiger partial charge in [-0.05, 0) is 31.2 Å². The van der Waals surface area contributed by atoms with E-state index >= 15 is 0 Å². The fourth-order valence-electron chi connectivity index (χ4n) is 3.63. The largest absolute Gasteiger partial charge is 0.353 e. The Morgan fingerprint density at radius 3 is 2.34 bits per heavy atom. The van der Waals surface area contributed by atoms with Crippen molar-refractivity contribution < 1.29 is 9.59 Å². The van der Waals surface area contributed by atoms with Gasteiger partial charge in [0.1, 0.15) is 11.6 Å². The van der Waals surface area contributed by atoms with Crippen molar-refractivity contribution in [3.05, 3.63) is 77.1 Å². The van der Waals surface area contributed by atoms with Crippen LogP contribution in [0.2, 0.25) is 5.02 Å². The molecule has 0 atom stereocenters. The predicted molar refractivity (Wildman–Crippen MR) is 125 cm³/mol. The standard InChI is InChI=1S/C24H24ClN5O2/c1-17-27-21(18-5-3-2-4-6-18)15-22(28-17)29-11-13-30(14-12-29)23(31)16-26-24(32)19-7-9-20(25)10-8-19/h2-10,15H,11-14,16H2,1H3,(H,26,32). The van der Waals surface area contributed by atoms with Crippen molar-refractivity contribution in [3.8, 4) is 11.3 Å². The summed E-state index contributed by atoms with van der Waals surface area (Å²) in [6.07, 6.45) is 0. The summed E-state index contributed by atoms with van der Waals surface area (Å²) in [5.41, 5.74) is 2.40. The van der Waals surface area contributed by atoms with Gasteiger partial charge in [0.2, 0.25) is 5.91 Å². The van der Waals surface area contributed by atoms with E-state index in [0.717, 1.165) is 17.1 Å². The third-order valence-electron chi connectivity index (χ3n) is 5.36. The zero-order valence-electron chi connectivity index (χ0n) is 17.8. The Morgan fingerprint density at radius 1 is 0.969 bits per heavy atom. The summed E-state index contributed by atoms with van der Waals surface area (Å²) in [5.74, 6) is 1.18. The van der Waals surface area contributed by atoms with Gasteiger partial charge in [0.05, 0.1) is 12.2 Å². The number of amides is 2. The van der Waals surface area contributed by atoms with Crippen LogP contribution in [0.4, 0.5) is 5.82 Å². The topological polar surface area (TPSA) is 78.4 Å². The molecule has 8 heteroatoms. The van der Waals surface area contributed by atoms with Crippen LogP contribution in [0, 0.1) is 6.92 Å². The molecule has 1 aliphatic rings. The normalized spacial score (nSPS) is 13.7. The molecule has 0 aliphatic carbocycles. The third kappa shape index (κ3) is 5.23. The number of halogens is 1. The van der Waals surface area contributed by atoms with Crippen molar-refractivity contribution in [1.29, 1.82) is 0 Å². The first-order chi connectivity index (χ1) is 15.5. The first kappa shape index (κ1) is 21.8. The zero-order chi connectivity index (χ0) is 22.5. The van der Waals surface area contributed by atoms with Crippen molar-refractivity contribution in [2.75, 3.05) is 37.6 Å². The van der Waals surface area contributed by atoms with Crippen LogP contribution in [-0.2, 0) is 4.79 Å². The van der Waals surface area contributed by atoms with Crippen LogP contribution in [0.15, 0.2) is 60.7 Å². The Balaban J connectivity index is 1.33. The first-order valence-electron chi connectivity index (χ1n) is 10.5. The molecular formula is C24H24ClN5O2. The SMILES string of the molecule is Cc1nc(-c2ccccc2)cc(N2CCN(C(=O)CNC(=O)c3ccc(Cl)cc3)CC2)n1. The smallest absolute Gasteiger partial charge is 0.251 e. The molecule has 4 rings (SSSR count). The van der Waals surface area contributed by atoms with Crippen molar-refractivity contribution in [1.82, 2.24) is 20.2 Å². The fourth-order valence-corrected chi connectivity index (χ4v) is 3.75. The molecule has 32 heavy (non-hydrogen) atoms. The molecular weight excluding hydrogens is 426 g/mol. The molecule has 0 spiro atoms. The van der Waals surface area contributed by atoms with E-state index in [-0.39, 0.29) is 18.4 Å². The summed E-state index contributed by atoms with van der Waals surface area (Å²) in [7, 11) is 0. The van der Waals surface area contributed by atoms with Gasteiger partial charge in [-0.3, -0.25) is 9.59 Å². The van der Waals surface area contributed by atoms with Gasteiger partial charge in [0.25, 0.3) is 5.91 Å². The van der Waals surface area contributed by atoms with Gasteiger partial charge < -0.3 is 15.1 Å². The fraction of sp³-hybridized carbons (Fsp3) is 0.250. The molecule has 7 nitrogen and oxygen atoms in total. The zero-order valence-corrected chi connectivity index (χ0v) is 18.5. The van der Waals surface area contributed by atoms with Crippen molar-refractivity contribution >= 4 is 29.2 Å². The minimum Gasteiger partial charge on any atom is -0.353 e. The first-order valence-corrected chi connectivity index (χ1v) is 10.8. The summed E-state index contributed by atoms with van der Waals surface area (Å²) in [5, 5.41) is 3.24. The van der Waals surface area contributed by atoms with Crippen molar-refractivity contribution in [2.24, 2.45) is 0 Å². The molecule has 2 aromatic carbocycles. The molecule has 0 saturated carbocycles. The van der Waals surface area contributed by atoms with Gasteiger partial charge in [-0.1, -0.05) is 41.9 Å². The number of aromatic nitrogens is 2. The Kier molecular flexibility index (Phi) is 6.66. The van der Waals surface area contributed by atoms with Gasteiger partial charge in [0.15, 0.2) is 0 Å². The van der Waals surface area contributed by atoms with Crippen LogP contribution in [0.3, 0.4) is 0 Å². The molecule has 1 fully saturated rings. The molecule has 2 heterocycles. The number of carbonyl (C=O) groups is 2. The number of hydrogen-bond acceptors (Lipinski definition) is 5. The third-order valence-corrected chi connectivity index (χ3v) is 5.61. The number of aryl methyl sites for hydroxylation is 1. The highest BCUT2D eigenvalue weighted by molar-refractivity contribution is 6.30. The molecule has 1 aromatic heterocycles. The van der Waals surface area contributed by atoms with E-state index in [4.69, 9.17) is 11.6 Å². The Morgan fingerprint density at radius 2 is 1.66 bits per heavy atom. The van der Waals surface area contributed by atoms with E-state index in [0.29, 0.717) is 42.6 Å². The van der Waals surface area contributed by atoms with Crippen LogP contribution in [0.25, 0.3) is 11.3 Å². The van der Waals surface area contributed by atoms with E-state index < -0.39 is 0 Å². The molecule has 0 unspecified atom stereocenters. The number of carbonyl (C=O) groups excluding carboxylic acids is 2. The molecule has 1 aliphatic heterocycles. The minimum atomic E-state index is -0.293. The Labute approximate surface area is 192 Å². The van der Waals surface area contributed by atoms with Crippen molar-refractivity contribution in [3.63, 3.8) is 0 Å². The average molecular weight is 450 g/mol. The number of anilines is 1. The number of hydrogen-bond donors (Lipinski definition) is 1. The minimum absolute atomic E-state index is 0.0355. The second-order valence-electron chi connectivity index (χ2n) is 7.58. The second kappa shape index (κ2) is 9.78. The number of piperazine rings is 1. The van der Waals surface area contributed by atoms with Crippen LogP contribution in [0.5, 0.6) is 0 Å². The highest BCUT2D eigenvalue weighted by atomic mass is 35.5. The summed E-state index contributed by atoms with van der Waals surface area (Å²) in [6.45, 7) is 4.33. The van der Waals surface area contributed by atoms with Gasteiger partial charge in [-0.2, -0.15) is 0 Å². The van der Waals surface area contributed by atoms with E-state index in [1.165, 1.54) is 0 Å². The van der Waals surface area contributed by atoms with E-state index in [1.807, 2.05) is 43.3 Å². The monoisotopic (exact) mass is 449 g/mol. The van der Waals surface area contributed by atoms with E-state index in [9.17, 15) is 9.59 Å². The summed E-state index contributed by atoms with van der Waals surface area (Å²) in [6, 6.07) is 18.6. The van der Waals surface area contributed by atoms with Crippen LogP contribution in [0.1, 0.15) is 16.2 Å². The highest BCUT2D eigenvalue weighted by Gasteiger charge is 2.23. The summed E-state index contributed by atoms with van der Waals surface area (Å²) < 4.78 is 0. The number of benzene rings is 2. The number of nitrogens with zero attached hydrogens (tertiary/aromatic N) is 4. The number of nitrogens with one attached hydrogen (secondary N) is 1. The van der Waals surface area contributed by atoms with E-state index in [2.05, 4.69) is 20.2 Å². The maximum Gasteiger partial charge on any atom is 0.251 e. The van der Waals surface area contributed by atoms with Gasteiger partial charge in [-0.15, -0.1) is 0 Å². The Bertz CT molecular complexity index is 1100. The number of rotatable bonds is 5. The van der Waals surface area contributed by atoms with Gasteiger partial charge in [0, 0.05) is 48.4 Å². The molecule has 164 valence electrons. The molecule has 1 saturated heterocycles. The summed E-state index contributed by atoms with van der Waals surface area (Å²) >= 11 is 5.85.